The number of aryl methyl sites for hydroxylation is 1. The number of hydrogen-bond donors (Lipinski definition) is 0. The van der Waals surface area contributed by atoms with Crippen molar-refractivity contribution in [3.8, 4) is 11.1 Å². The van der Waals surface area contributed by atoms with Gasteiger partial charge < -0.3 is 0 Å². The maximum absolute atomic E-state index is 12.9. The Hall–Kier alpha value is -2.03. The molecule has 0 aromatic heterocycles. The lowest BCUT2D eigenvalue weighted by molar-refractivity contribution is -0.137. The van der Waals surface area contributed by atoms with E-state index in [0.717, 1.165) is 42.4 Å². The molecule has 1 aliphatic carbocycles. The smallest absolute Gasteiger partial charge is 0.166 e. The highest BCUT2D eigenvalue weighted by Gasteiger charge is 2.30. The van der Waals surface area contributed by atoms with Crippen LogP contribution in [0.2, 0.25) is 0 Å². The van der Waals surface area contributed by atoms with E-state index in [1.165, 1.54) is 28.8 Å². The Balaban J connectivity index is 2.09. The second-order valence-electron chi connectivity index (χ2n) is 8.04. The van der Waals surface area contributed by atoms with Crippen molar-refractivity contribution in [3.05, 3.63) is 65.2 Å². The van der Waals surface area contributed by atoms with E-state index in [1.54, 1.807) is 12.1 Å². The van der Waals surface area contributed by atoms with Crippen molar-refractivity contribution in [2.45, 2.75) is 52.6 Å². The van der Waals surface area contributed by atoms with Gasteiger partial charge in [0, 0.05) is 0 Å². The lowest BCUT2D eigenvalue weighted by Crippen LogP contribution is -2.14. The molecule has 0 amide bonds. The van der Waals surface area contributed by atoms with Gasteiger partial charge in [0.1, 0.15) is 0 Å². The number of rotatable bonds is 4. The summed E-state index contributed by atoms with van der Waals surface area (Å²) in [7, 11) is 0. The molecular weight excluding hydrogens is 333 g/mol. The van der Waals surface area contributed by atoms with Crippen LogP contribution in [0.4, 0.5) is 13.2 Å². The fourth-order valence-electron chi connectivity index (χ4n) is 3.54. The van der Waals surface area contributed by atoms with Gasteiger partial charge in [0.2, 0.25) is 0 Å². The molecule has 0 aliphatic heterocycles. The van der Waals surface area contributed by atoms with Crippen LogP contribution in [0.5, 0.6) is 0 Å². The molecule has 1 aliphatic rings. The summed E-state index contributed by atoms with van der Waals surface area (Å²) in [5.74, 6) is 0. The second kappa shape index (κ2) is 6.61. The summed E-state index contributed by atoms with van der Waals surface area (Å²) in [5.41, 5.74) is 6.26. The molecule has 0 heterocycles. The van der Waals surface area contributed by atoms with Crippen LogP contribution >= 0.6 is 0 Å². The first-order valence-electron chi connectivity index (χ1n) is 9.12. The van der Waals surface area contributed by atoms with Crippen LogP contribution in [-0.2, 0) is 19.0 Å². The van der Waals surface area contributed by atoms with Crippen molar-refractivity contribution >= 4 is 5.57 Å². The van der Waals surface area contributed by atoms with E-state index >= 15 is 0 Å². The molecule has 3 heteroatoms. The van der Waals surface area contributed by atoms with Crippen LogP contribution in [0.25, 0.3) is 16.7 Å². The quantitative estimate of drug-likeness (QED) is 0.537. The molecule has 0 spiro atoms. The van der Waals surface area contributed by atoms with Crippen LogP contribution in [0.3, 0.4) is 0 Å². The zero-order valence-corrected chi connectivity index (χ0v) is 15.6. The summed E-state index contributed by atoms with van der Waals surface area (Å²) in [6, 6.07) is 9.92. The van der Waals surface area contributed by atoms with Crippen molar-refractivity contribution in [3.63, 3.8) is 0 Å². The van der Waals surface area contributed by atoms with Crippen molar-refractivity contribution < 1.29 is 13.2 Å². The van der Waals surface area contributed by atoms with E-state index in [9.17, 15) is 13.2 Å². The lowest BCUT2D eigenvalue weighted by Gasteiger charge is -2.25. The summed E-state index contributed by atoms with van der Waals surface area (Å²) in [5, 5.41) is 0. The molecule has 0 unspecified atom stereocenters. The van der Waals surface area contributed by atoms with Crippen LogP contribution in [-0.4, -0.2) is 0 Å². The summed E-state index contributed by atoms with van der Waals surface area (Å²) >= 11 is 0. The highest BCUT2D eigenvalue weighted by atomic mass is 19.4. The van der Waals surface area contributed by atoms with Gasteiger partial charge in [0.05, 0.1) is 5.56 Å². The fourth-order valence-corrected chi connectivity index (χ4v) is 3.54. The summed E-state index contributed by atoms with van der Waals surface area (Å²) in [6.07, 6.45) is -0.458. The third-order valence-electron chi connectivity index (χ3n) is 5.56. The average molecular weight is 358 g/mol. The van der Waals surface area contributed by atoms with Gasteiger partial charge in [-0.1, -0.05) is 58.0 Å². The maximum Gasteiger partial charge on any atom is 0.416 e. The SMILES string of the molecule is C=C1CCc2cc(-c3ccc(C(F)(F)F)cc3)c(CC(C)(C)CC)cc21. The molecule has 0 saturated heterocycles. The third kappa shape index (κ3) is 3.72. The van der Waals surface area contributed by atoms with Gasteiger partial charge in [-0.25, -0.2) is 0 Å². The van der Waals surface area contributed by atoms with Crippen LogP contribution in [0, 0.1) is 5.41 Å². The molecular formula is C23H25F3. The molecule has 0 saturated carbocycles. The van der Waals surface area contributed by atoms with Crippen LogP contribution in [0.15, 0.2) is 43.0 Å². The Morgan fingerprint density at radius 2 is 1.62 bits per heavy atom. The van der Waals surface area contributed by atoms with Gasteiger partial charge >= 0.3 is 6.18 Å². The van der Waals surface area contributed by atoms with E-state index in [4.69, 9.17) is 0 Å². The molecule has 0 radical (unpaired) electrons. The van der Waals surface area contributed by atoms with Gasteiger partial charge in [0.25, 0.3) is 0 Å². The summed E-state index contributed by atoms with van der Waals surface area (Å²) in [6.45, 7) is 10.8. The monoisotopic (exact) mass is 358 g/mol. The zero-order chi connectivity index (χ0) is 19.1. The van der Waals surface area contributed by atoms with Crippen LogP contribution < -0.4 is 0 Å². The predicted octanol–water partition coefficient (Wildman–Crippen LogP) is 7.31. The van der Waals surface area contributed by atoms with Crippen molar-refractivity contribution in [2.75, 3.05) is 0 Å². The van der Waals surface area contributed by atoms with Gasteiger partial charge in [-0.05, 0) is 70.2 Å². The highest BCUT2D eigenvalue weighted by Crippen LogP contribution is 2.40. The number of allylic oxidation sites excluding steroid dienone is 1. The highest BCUT2D eigenvalue weighted by molar-refractivity contribution is 5.78. The number of hydrogen-bond acceptors (Lipinski definition) is 0. The van der Waals surface area contributed by atoms with E-state index in [2.05, 4.69) is 39.5 Å². The minimum Gasteiger partial charge on any atom is -0.166 e. The van der Waals surface area contributed by atoms with Gasteiger partial charge in [-0.2, -0.15) is 13.2 Å². The maximum atomic E-state index is 12.9. The van der Waals surface area contributed by atoms with E-state index in [1.807, 2.05) is 0 Å². The molecule has 26 heavy (non-hydrogen) atoms. The molecule has 2 aromatic rings. The van der Waals surface area contributed by atoms with Crippen molar-refractivity contribution in [2.24, 2.45) is 5.41 Å². The average Bonchev–Trinajstić information content (AvgIpc) is 2.94. The van der Waals surface area contributed by atoms with Gasteiger partial charge in [0.15, 0.2) is 0 Å². The first kappa shape index (κ1) is 18.8. The van der Waals surface area contributed by atoms with Gasteiger partial charge in [-0.3, -0.25) is 0 Å². The van der Waals surface area contributed by atoms with Crippen molar-refractivity contribution in [1.82, 2.24) is 0 Å². The van der Waals surface area contributed by atoms with Crippen LogP contribution in [0.1, 0.15) is 55.9 Å². The van der Waals surface area contributed by atoms with Crippen molar-refractivity contribution in [1.29, 1.82) is 0 Å². The molecule has 2 aromatic carbocycles. The second-order valence-corrected chi connectivity index (χ2v) is 8.04. The Kier molecular flexibility index (Phi) is 4.76. The number of benzene rings is 2. The lowest BCUT2D eigenvalue weighted by atomic mass is 9.80. The topological polar surface area (TPSA) is 0 Å². The molecule has 3 rings (SSSR count). The normalized spacial score (nSPS) is 14.6. The Morgan fingerprint density at radius 1 is 0.962 bits per heavy atom. The Bertz CT molecular complexity index is 824. The molecule has 0 fully saturated rings. The Labute approximate surface area is 153 Å². The van der Waals surface area contributed by atoms with E-state index < -0.39 is 11.7 Å². The predicted molar refractivity (Wildman–Crippen MR) is 102 cm³/mol. The van der Waals surface area contributed by atoms with Gasteiger partial charge in [-0.15, -0.1) is 0 Å². The first-order chi connectivity index (χ1) is 12.1. The Morgan fingerprint density at radius 3 is 2.19 bits per heavy atom. The molecule has 0 N–H and O–H groups in total. The fraction of sp³-hybridized carbons (Fsp3) is 0.391. The minimum absolute atomic E-state index is 0.134. The first-order valence-corrected chi connectivity index (χ1v) is 9.12. The largest absolute Gasteiger partial charge is 0.416 e. The van der Waals surface area contributed by atoms with E-state index in [0.29, 0.717) is 0 Å². The van der Waals surface area contributed by atoms with E-state index in [-0.39, 0.29) is 5.41 Å². The third-order valence-corrected chi connectivity index (χ3v) is 5.56. The standard InChI is InChI=1S/C23H25F3/c1-5-22(3,4)14-18-13-20-15(2)6-7-17(20)12-21(18)16-8-10-19(11-9-16)23(24,25)26/h8-13H,2,5-7,14H2,1,3-4H3. The summed E-state index contributed by atoms with van der Waals surface area (Å²) in [4.78, 5) is 0. The molecule has 0 atom stereocenters. The minimum atomic E-state index is -4.30. The molecule has 138 valence electrons. The molecule has 0 bridgehead atoms. The number of halogens is 3. The molecule has 0 nitrogen and oxygen atoms in total. The zero-order valence-electron chi connectivity index (χ0n) is 15.6. The number of fused-ring (bicyclic) bond motifs is 1. The number of alkyl halides is 3. The summed E-state index contributed by atoms with van der Waals surface area (Å²) < 4.78 is 38.6.